The van der Waals surface area contributed by atoms with Gasteiger partial charge in [-0.3, -0.25) is 4.79 Å². The number of carbonyl (C=O) groups excluding carboxylic acids is 3. The maximum atomic E-state index is 12.9. The van der Waals surface area contributed by atoms with Crippen LogP contribution in [0.1, 0.15) is 22.6 Å². The lowest BCUT2D eigenvalue weighted by Gasteiger charge is -2.17. The summed E-state index contributed by atoms with van der Waals surface area (Å²) in [5, 5.41) is 21.0. The number of aliphatic carboxylic acids is 1. The number of nitrogens with one attached hydrogen (secondary N) is 3. The molecule has 0 fully saturated rings. The molecule has 3 aromatic rings. The number of para-hydroxylation sites is 1. The Labute approximate surface area is 242 Å². The van der Waals surface area contributed by atoms with Gasteiger partial charge >= 0.3 is 18.1 Å². The van der Waals surface area contributed by atoms with Crippen LogP contribution in [-0.4, -0.2) is 66.0 Å². The molecule has 13 nitrogen and oxygen atoms in total. The van der Waals surface area contributed by atoms with Gasteiger partial charge in [0.1, 0.15) is 18.4 Å². The Bertz CT molecular complexity index is 1440. The van der Waals surface area contributed by atoms with Crippen molar-refractivity contribution >= 4 is 35.4 Å². The first-order valence-electron chi connectivity index (χ1n) is 12.9. The van der Waals surface area contributed by atoms with E-state index in [0.29, 0.717) is 28.4 Å². The number of aryl methyl sites for hydroxylation is 1. The first-order valence-corrected chi connectivity index (χ1v) is 12.9. The number of carboxylic acid groups (broad SMARTS) is 1. The highest BCUT2D eigenvalue weighted by molar-refractivity contribution is 6.01. The maximum absolute atomic E-state index is 12.9. The largest absolute Gasteiger partial charge is 0.495 e. The van der Waals surface area contributed by atoms with Crippen molar-refractivity contribution in [3.63, 3.8) is 0 Å². The second kappa shape index (κ2) is 14.9. The minimum absolute atomic E-state index is 0.0430. The van der Waals surface area contributed by atoms with Gasteiger partial charge in [-0.05, 0) is 36.2 Å². The second-order valence-corrected chi connectivity index (χ2v) is 9.27. The summed E-state index contributed by atoms with van der Waals surface area (Å²) in [4.78, 5) is 50.1. The molecule has 0 bridgehead atoms. The number of hydrogen-bond acceptors (Lipinski definition) is 8. The van der Waals surface area contributed by atoms with Crippen molar-refractivity contribution in [3.8, 4) is 5.75 Å². The van der Waals surface area contributed by atoms with Crippen molar-refractivity contribution in [3.05, 3.63) is 83.8 Å². The molecule has 4 amide bonds. The Balaban J connectivity index is 1.56. The molecule has 0 saturated carbocycles. The fraction of sp³-hybridized carbons (Fsp3) is 0.276. The molecule has 0 spiro atoms. The van der Waals surface area contributed by atoms with Gasteiger partial charge in [-0.1, -0.05) is 42.1 Å². The van der Waals surface area contributed by atoms with E-state index in [1.165, 1.54) is 24.2 Å². The highest BCUT2D eigenvalue weighted by Crippen LogP contribution is 2.26. The highest BCUT2D eigenvalue weighted by atomic mass is 16.5. The van der Waals surface area contributed by atoms with Gasteiger partial charge in [0, 0.05) is 25.2 Å². The standard InChI is InChI=1S/C29H33N5O8/c1-5-12-41-29(39)32-24(27(36)37)16-20-15-21(42-33-20)17-34(3)26(35)14-19-10-11-23(25(13-19)40-4)31-28(38)30-22-9-7-6-8-18(22)2/h5-11,13,15,24H,1,12,14,16-17H2,2-4H3,(H,32,39)(H,36,37)(H2,30,31,38). The molecule has 42 heavy (non-hydrogen) atoms. The van der Waals surface area contributed by atoms with Crippen molar-refractivity contribution in [2.45, 2.75) is 32.4 Å². The van der Waals surface area contributed by atoms with Crippen LogP contribution in [-0.2, 0) is 33.7 Å². The third-order valence-corrected chi connectivity index (χ3v) is 6.02. The number of amides is 4. The third kappa shape index (κ3) is 9.11. The molecular formula is C29H33N5O8. The predicted molar refractivity (Wildman–Crippen MR) is 153 cm³/mol. The number of carboxylic acids is 1. The van der Waals surface area contributed by atoms with Crippen molar-refractivity contribution in [1.29, 1.82) is 0 Å². The van der Waals surface area contributed by atoms with Gasteiger partial charge in [-0.15, -0.1) is 0 Å². The van der Waals surface area contributed by atoms with E-state index in [9.17, 15) is 24.3 Å². The van der Waals surface area contributed by atoms with Crippen molar-refractivity contribution in [1.82, 2.24) is 15.4 Å². The van der Waals surface area contributed by atoms with Crippen LogP contribution in [0.15, 0.2) is 65.7 Å². The number of rotatable bonds is 13. The summed E-state index contributed by atoms with van der Waals surface area (Å²) >= 11 is 0. The van der Waals surface area contributed by atoms with Crippen molar-refractivity contribution < 1.29 is 38.3 Å². The molecule has 0 aliphatic carbocycles. The number of anilines is 2. The molecule has 1 aromatic heterocycles. The van der Waals surface area contributed by atoms with E-state index in [4.69, 9.17) is 14.0 Å². The molecule has 0 aliphatic rings. The molecule has 222 valence electrons. The second-order valence-electron chi connectivity index (χ2n) is 9.27. The van der Waals surface area contributed by atoms with Gasteiger partial charge in [-0.2, -0.15) is 0 Å². The number of benzene rings is 2. The van der Waals surface area contributed by atoms with Crippen molar-refractivity contribution in [2.24, 2.45) is 0 Å². The molecule has 4 N–H and O–H groups in total. The number of aromatic nitrogens is 1. The number of hydrogen-bond donors (Lipinski definition) is 4. The maximum Gasteiger partial charge on any atom is 0.408 e. The molecule has 0 aliphatic heterocycles. The topological polar surface area (TPSA) is 172 Å². The molecular weight excluding hydrogens is 546 g/mol. The van der Waals surface area contributed by atoms with E-state index >= 15 is 0 Å². The van der Waals surface area contributed by atoms with Crippen LogP contribution < -0.4 is 20.7 Å². The number of carbonyl (C=O) groups is 4. The number of nitrogens with zero attached hydrogens (tertiary/aromatic N) is 2. The Hall–Kier alpha value is -5.33. The molecule has 13 heteroatoms. The quantitative estimate of drug-likeness (QED) is 0.220. The molecule has 3 rings (SSSR count). The first-order chi connectivity index (χ1) is 20.1. The Morgan fingerprint density at radius 2 is 1.86 bits per heavy atom. The summed E-state index contributed by atoms with van der Waals surface area (Å²) in [6, 6.07) is 12.2. The van der Waals surface area contributed by atoms with Crippen LogP contribution in [0, 0.1) is 6.92 Å². The zero-order valence-corrected chi connectivity index (χ0v) is 23.5. The fourth-order valence-electron chi connectivity index (χ4n) is 3.82. The molecule has 0 radical (unpaired) electrons. The Kier molecular flexibility index (Phi) is 11.1. The van der Waals surface area contributed by atoms with Gasteiger partial charge < -0.3 is 40.0 Å². The first kappa shape index (κ1) is 31.2. The fourth-order valence-corrected chi connectivity index (χ4v) is 3.82. The minimum atomic E-state index is -1.29. The third-order valence-electron chi connectivity index (χ3n) is 6.02. The molecule has 1 atom stereocenters. The Morgan fingerprint density at radius 3 is 2.55 bits per heavy atom. The zero-order chi connectivity index (χ0) is 30.6. The number of methoxy groups -OCH3 is 1. The molecule has 2 aromatic carbocycles. The summed E-state index contributed by atoms with van der Waals surface area (Å²) in [5.41, 5.74) is 2.97. The van der Waals surface area contributed by atoms with E-state index in [0.717, 1.165) is 5.56 Å². The summed E-state index contributed by atoms with van der Waals surface area (Å²) in [7, 11) is 3.05. The smallest absolute Gasteiger partial charge is 0.408 e. The predicted octanol–water partition coefficient (Wildman–Crippen LogP) is 3.74. The zero-order valence-electron chi connectivity index (χ0n) is 23.5. The minimum Gasteiger partial charge on any atom is -0.495 e. The van der Waals surface area contributed by atoms with Crippen LogP contribution in [0.5, 0.6) is 5.75 Å². The number of ether oxygens (including phenoxy) is 2. The van der Waals surface area contributed by atoms with Gasteiger partial charge in [0.2, 0.25) is 5.91 Å². The SMILES string of the molecule is C=CCOC(=O)NC(Cc1cc(CN(C)C(=O)Cc2ccc(NC(=O)Nc3ccccc3C)c(OC)c2)on1)C(=O)O. The lowest BCUT2D eigenvalue weighted by atomic mass is 10.1. The highest BCUT2D eigenvalue weighted by Gasteiger charge is 2.23. The average Bonchev–Trinajstić information content (AvgIpc) is 3.39. The molecule has 1 heterocycles. The normalized spacial score (nSPS) is 11.1. The summed E-state index contributed by atoms with van der Waals surface area (Å²) in [6.45, 7) is 5.32. The lowest BCUT2D eigenvalue weighted by molar-refractivity contribution is -0.139. The number of urea groups is 1. The van der Waals surface area contributed by atoms with Crippen LogP contribution in [0.3, 0.4) is 0 Å². The lowest BCUT2D eigenvalue weighted by Crippen LogP contribution is -2.42. The Morgan fingerprint density at radius 1 is 1.12 bits per heavy atom. The van der Waals surface area contributed by atoms with Gasteiger partial charge in [0.25, 0.3) is 0 Å². The van der Waals surface area contributed by atoms with Crippen LogP contribution in [0.2, 0.25) is 0 Å². The number of alkyl carbamates (subject to hydrolysis) is 1. The van der Waals surface area contributed by atoms with E-state index < -0.39 is 24.1 Å². The molecule has 0 saturated heterocycles. The number of likely N-dealkylation sites (N-methyl/N-ethyl adjacent to an activating group) is 1. The summed E-state index contributed by atoms with van der Waals surface area (Å²) in [6.07, 6.45) is 0.348. The van der Waals surface area contributed by atoms with Gasteiger partial charge in [0.15, 0.2) is 5.76 Å². The molecule has 1 unspecified atom stereocenters. The van der Waals surface area contributed by atoms with E-state index in [1.807, 2.05) is 25.1 Å². The van der Waals surface area contributed by atoms with E-state index in [1.54, 1.807) is 31.3 Å². The van der Waals surface area contributed by atoms with Gasteiger partial charge in [-0.25, -0.2) is 14.4 Å². The monoisotopic (exact) mass is 579 g/mol. The van der Waals surface area contributed by atoms with Crippen molar-refractivity contribution in [2.75, 3.05) is 31.4 Å². The van der Waals surface area contributed by atoms with E-state index in [-0.39, 0.29) is 37.6 Å². The van der Waals surface area contributed by atoms with Crippen LogP contribution in [0.4, 0.5) is 21.0 Å². The summed E-state index contributed by atoms with van der Waals surface area (Å²) in [5.74, 6) is -0.789. The summed E-state index contributed by atoms with van der Waals surface area (Å²) < 4.78 is 15.4. The van der Waals surface area contributed by atoms with Gasteiger partial charge in [0.05, 0.1) is 31.5 Å². The van der Waals surface area contributed by atoms with Crippen LogP contribution >= 0.6 is 0 Å². The average molecular weight is 580 g/mol. The van der Waals surface area contributed by atoms with E-state index in [2.05, 4.69) is 27.7 Å². The van der Waals surface area contributed by atoms with Crippen LogP contribution in [0.25, 0.3) is 0 Å².